The van der Waals surface area contributed by atoms with E-state index in [9.17, 15) is 4.79 Å². The van der Waals surface area contributed by atoms with Gasteiger partial charge in [-0.3, -0.25) is 4.79 Å². The van der Waals surface area contributed by atoms with Crippen LogP contribution in [-0.2, 0) is 5.75 Å². The van der Waals surface area contributed by atoms with Crippen LogP contribution in [0.5, 0.6) is 0 Å². The maximum atomic E-state index is 11.8. The van der Waals surface area contributed by atoms with E-state index in [2.05, 4.69) is 33.1 Å². The third kappa shape index (κ3) is 5.39. The lowest BCUT2D eigenvalue weighted by Gasteiger charge is -2.10. The highest BCUT2D eigenvalue weighted by Crippen LogP contribution is 2.29. The van der Waals surface area contributed by atoms with Crippen LogP contribution >= 0.6 is 27.7 Å². The van der Waals surface area contributed by atoms with Crippen molar-refractivity contribution in [2.24, 2.45) is 10.7 Å². The summed E-state index contributed by atoms with van der Waals surface area (Å²) in [7, 11) is 1.95. The normalized spacial score (nSPS) is 11.0. The average Bonchev–Trinajstić information content (AvgIpc) is 2.59. The van der Waals surface area contributed by atoms with Crippen molar-refractivity contribution in [3.8, 4) is 0 Å². The van der Waals surface area contributed by atoms with Gasteiger partial charge in [0, 0.05) is 28.7 Å². The minimum absolute atomic E-state index is 0.436. The molecule has 2 rings (SSSR count). The van der Waals surface area contributed by atoms with Crippen molar-refractivity contribution in [3.63, 3.8) is 0 Å². The molecule has 1 amide bonds. The number of aliphatic imine (C=N–C) groups is 1. The topological polar surface area (TPSA) is 58.7 Å². The lowest BCUT2D eigenvalue weighted by atomic mass is 10.2. The third-order valence-electron chi connectivity index (χ3n) is 3.44. The largest absolute Gasteiger partial charge is 0.366 e. The summed E-state index contributed by atoms with van der Waals surface area (Å²) in [6.45, 7) is 2.91. The maximum absolute atomic E-state index is 11.8. The number of primary amides is 1. The summed E-state index contributed by atoms with van der Waals surface area (Å²) in [4.78, 5) is 19.0. The summed E-state index contributed by atoms with van der Waals surface area (Å²) in [5.41, 5.74) is 7.94. The van der Waals surface area contributed by atoms with Gasteiger partial charge in [0.2, 0.25) is 5.91 Å². The molecule has 6 heteroatoms. The summed E-state index contributed by atoms with van der Waals surface area (Å²) in [5, 5.41) is 0. The number of halogens is 1. The molecule has 0 fully saturated rings. The number of benzene rings is 2. The van der Waals surface area contributed by atoms with Crippen molar-refractivity contribution >= 4 is 45.6 Å². The van der Waals surface area contributed by atoms with E-state index in [1.54, 1.807) is 24.2 Å². The molecule has 2 aromatic carbocycles. The van der Waals surface area contributed by atoms with Gasteiger partial charge in [-0.15, -0.1) is 11.8 Å². The van der Waals surface area contributed by atoms with Crippen molar-refractivity contribution in [3.05, 3.63) is 58.1 Å². The smallest absolute Gasteiger partial charge is 0.249 e. The first-order valence-corrected chi connectivity index (χ1v) is 9.33. The molecule has 0 saturated carbocycles. The second kappa shape index (κ2) is 8.89. The van der Waals surface area contributed by atoms with Crippen LogP contribution < -0.4 is 5.73 Å². The quantitative estimate of drug-likeness (QED) is 0.420. The number of thioether (sulfide) groups is 1. The highest BCUT2D eigenvalue weighted by atomic mass is 79.9. The Morgan fingerprint density at radius 2 is 2.00 bits per heavy atom. The van der Waals surface area contributed by atoms with E-state index < -0.39 is 5.91 Å². The van der Waals surface area contributed by atoms with Crippen LogP contribution in [-0.4, -0.2) is 30.7 Å². The molecule has 0 radical (unpaired) electrons. The van der Waals surface area contributed by atoms with Crippen molar-refractivity contribution in [1.29, 1.82) is 0 Å². The Bertz CT molecular complexity index is 732. The van der Waals surface area contributed by atoms with Crippen LogP contribution in [0.3, 0.4) is 0 Å². The molecule has 0 aromatic heterocycles. The first kappa shape index (κ1) is 18.5. The number of carbonyl (C=O) groups excluding carboxylic acids is 1. The van der Waals surface area contributed by atoms with Gasteiger partial charge < -0.3 is 10.6 Å². The number of rotatable bonds is 7. The van der Waals surface area contributed by atoms with E-state index in [1.807, 2.05) is 43.1 Å². The molecule has 4 nitrogen and oxygen atoms in total. The Morgan fingerprint density at radius 1 is 1.29 bits per heavy atom. The van der Waals surface area contributed by atoms with Crippen molar-refractivity contribution in [1.82, 2.24) is 4.90 Å². The minimum atomic E-state index is -0.436. The predicted molar refractivity (Wildman–Crippen MR) is 105 cm³/mol. The molecule has 0 aliphatic heterocycles. The fourth-order valence-corrected chi connectivity index (χ4v) is 3.16. The van der Waals surface area contributed by atoms with Gasteiger partial charge in [0.15, 0.2) is 0 Å². The monoisotopic (exact) mass is 405 g/mol. The Labute approximate surface area is 155 Å². The highest BCUT2D eigenvalue weighted by Gasteiger charge is 2.10. The van der Waals surface area contributed by atoms with Crippen LogP contribution in [0.1, 0.15) is 22.8 Å². The summed E-state index contributed by atoms with van der Waals surface area (Å²) < 4.78 is 1.05. The van der Waals surface area contributed by atoms with Crippen molar-refractivity contribution in [2.45, 2.75) is 17.6 Å². The molecule has 2 N–H and O–H groups in total. The number of amides is 1. The van der Waals surface area contributed by atoms with Crippen LogP contribution in [0.15, 0.2) is 56.8 Å². The SMILES string of the molecule is CCN(C)/C=N/c1ccc(SCc2ccc(Br)cc2)c(C(N)=O)c1. The molecule has 24 heavy (non-hydrogen) atoms. The van der Waals surface area contributed by atoms with Crippen molar-refractivity contribution in [2.75, 3.05) is 13.6 Å². The zero-order valence-electron chi connectivity index (χ0n) is 13.7. The standard InChI is InChI=1S/C18H20BrN3OS/c1-3-22(2)12-21-15-8-9-17(16(10-15)18(20)23)24-11-13-4-6-14(19)7-5-13/h4-10,12H,3,11H2,1-2H3,(H2,20,23)/b21-12+. The first-order valence-electron chi connectivity index (χ1n) is 7.55. The van der Waals surface area contributed by atoms with Gasteiger partial charge in [0.25, 0.3) is 0 Å². The molecule has 0 spiro atoms. The van der Waals surface area contributed by atoms with E-state index in [1.165, 1.54) is 5.56 Å². The van der Waals surface area contributed by atoms with E-state index >= 15 is 0 Å². The van der Waals surface area contributed by atoms with Gasteiger partial charge >= 0.3 is 0 Å². The molecule has 0 unspecified atom stereocenters. The average molecular weight is 406 g/mol. The van der Waals surface area contributed by atoms with Crippen LogP contribution in [0.4, 0.5) is 5.69 Å². The van der Waals surface area contributed by atoms with Gasteiger partial charge in [-0.1, -0.05) is 28.1 Å². The molecule has 0 saturated heterocycles. The fraction of sp³-hybridized carbons (Fsp3) is 0.222. The first-order chi connectivity index (χ1) is 11.5. The Kier molecular flexibility index (Phi) is 6.87. The molecule has 0 heterocycles. The lowest BCUT2D eigenvalue weighted by molar-refractivity contribution is 0.0997. The summed E-state index contributed by atoms with van der Waals surface area (Å²) in [5.74, 6) is 0.337. The van der Waals surface area contributed by atoms with Gasteiger partial charge in [-0.25, -0.2) is 4.99 Å². The predicted octanol–water partition coefficient (Wildman–Crippen LogP) is 4.45. The molecule has 0 atom stereocenters. The van der Waals surface area contributed by atoms with Crippen LogP contribution in [0, 0.1) is 0 Å². The highest BCUT2D eigenvalue weighted by molar-refractivity contribution is 9.10. The summed E-state index contributed by atoms with van der Waals surface area (Å²) >= 11 is 5.02. The zero-order valence-corrected chi connectivity index (χ0v) is 16.1. The number of hydrogen-bond donors (Lipinski definition) is 1. The minimum Gasteiger partial charge on any atom is -0.366 e. The Hall–Kier alpha value is -1.79. The molecule has 126 valence electrons. The van der Waals surface area contributed by atoms with E-state index in [-0.39, 0.29) is 0 Å². The van der Waals surface area contributed by atoms with E-state index in [0.29, 0.717) is 5.56 Å². The molecule has 2 aromatic rings. The number of carbonyl (C=O) groups is 1. The van der Waals surface area contributed by atoms with Gasteiger partial charge in [-0.2, -0.15) is 0 Å². The number of hydrogen-bond acceptors (Lipinski definition) is 3. The van der Waals surface area contributed by atoms with Gasteiger partial charge in [0.1, 0.15) is 0 Å². The van der Waals surface area contributed by atoms with Crippen molar-refractivity contribution < 1.29 is 4.79 Å². The lowest BCUT2D eigenvalue weighted by Crippen LogP contribution is -2.14. The number of nitrogens with two attached hydrogens (primary N) is 1. The van der Waals surface area contributed by atoms with E-state index in [4.69, 9.17) is 5.73 Å². The van der Waals surface area contributed by atoms with Gasteiger partial charge in [0.05, 0.1) is 17.6 Å². The Balaban J connectivity index is 2.15. The fourth-order valence-electron chi connectivity index (χ4n) is 1.91. The molecular formula is C18H20BrN3OS. The molecule has 0 bridgehead atoms. The van der Waals surface area contributed by atoms with Gasteiger partial charge in [-0.05, 0) is 42.8 Å². The summed E-state index contributed by atoms with van der Waals surface area (Å²) in [6.07, 6.45) is 1.74. The second-order valence-corrected chi connectivity index (χ2v) is 7.21. The molecule has 0 aliphatic carbocycles. The van der Waals surface area contributed by atoms with Crippen LogP contribution in [0.2, 0.25) is 0 Å². The molecule has 0 aliphatic rings. The molecular weight excluding hydrogens is 386 g/mol. The zero-order chi connectivity index (χ0) is 17.5. The number of nitrogens with zero attached hydrogens (tertiary/aromatic N) is 2. The van der Waals surface area contributed by atoms with Crippen LogP contribution in [0.25, 0.3) is 0 Å². The maximum Gasteiger partial charge on any atom is 0.249 e. The Morgan fingerprint density at radius 3 is 2.62 bits per heavy atom. The second-order valence-electron chi connectivity index (χ2n) is 5.28. The van der Waals surface area contributed by atoms with E-state index in [0.717, 1.165) is 27.4 Å². The third-order valence-corrected chi connectivity index (χ3v) is 5.11. The summed E-state index contributed by atoms with van der Waals surface area (Å²) in [6, 6.07) is 13.7.